The van der Waals surface area contributed by atoms with E-state index in [-0.39, 0.29) is 0 Å². The molecule has 0 radical (unpaired) electrons. The highest BCUT2D eigenvalue weighted by molar-refractivity contribution is 6.07. The zero-order valence-corrected chi connectivity index (χ0v) is 8.37. The molecule has 0 aliphatic heterocycles. The molecule has 0 spiro atoms. The lowest BCUT2D eigenvalue weighted by Gasteiger charge is -2.15. The Kier molecular flexibility index (Phi) is 3.98. The summed E-state index contributed by atoms with van der Waals surface area (Å²) in [5.41, 5.74) is 13.4. The Hall–Kier alpha value is -1.51. The van der Waals surface area contributed by atoms with E-state index in [4.69, 9.17) is 11.5 Å². The van der Waals surface area contributed by atoms with Gasteiger partial charge in [0.15, 0.2) is 0 Å². The molecule has 0 aromatic rings. The SMILES string of the molecule is C=C(N)C(/C=C\N)=NCC=C1CCC1. The fourth-order valence-corrected chi connectivity index (χ4v) is 1.21. The third-order valence-electron chi connectivity index (χ3n) is 2.22. The maximum Gasteiger partial charge on any atom is 0.0815 e. The highest BCUT2D eigenvalue weighted by atomic mass is 14.8. The predicted molar refractivity (Wildman–Crippen MR) is 60.9 cm³/mol. The fourth-order valence-electron chi connectivity index (χ4n) is 1.21. The van der Waals surface area contributed by atoms with Crippen molar-refractivity contribution in [3.63, 3.8) is 0 Å². The minimum atomic E-state index is 0.457. The molecule has 0 amide bonds. The highest BCUT2D eigenvalue weighted by Crippen LogP contribution is 2.24. The number of allylic oxidation sites excluding steroid dienone is 2. The van der Waals surface area contributed by atoms with Gasteiger partial charge in [-0.1, -0.05) is 18.2 Å². The molecule has 3 nitrogen and oxygen atoms in total. The summed E-state index contributed by atoms with van der Waals surface area (Å²) in [6.07, 6.45) is 9.00. The van der Waals surface area contributed by atoms with E-state index in [1.807, 2.05) is 0 Å². The fraction of sp³-hybridized carbons (Fsp3) is 0.364. The summed E-state index contributed by atoms with van der Waals surface area (Å²) in [6.45, 7) is 4.30. The van der Waals surface area contributed by atoms with E-state index in [1.165, 1.54) is 31.0 Å². The van der Waals surface area contributed by atoms with Gasteiger partial charge in [-0.25, -0.2) is 0 Å². The molecule has 14 heavy (non-hydrogen) atoms. The van der Waals surface area contributed by atoms with Crippen LogP contribution in [0.25, 0.3) is 0 Å². The molecule has 0 aromatic heterocycles. The van der Waals surface area contributed by atoms with Crippen LogP contribution in [-0.4, -0.2) is 12.3 Å². The van der Waals surface area contributed by atoms with Gasteiger partial charge in [0.2, 0.25) is 0 Å². The molecule has 3 heteroatoms. The van der Waals surface area contributed by atoms with Crippen LogP contribution in [0.15, 0.2) is 41.2 Å². The Morgan fingerprint density at radius 1 is 1.50 bits per heavy atom. The van der Waals surface area contributed by atoms with Crippen LogP contribution in [-0.2, 0) is 0 Å². The van der Waals surface area contributed by atoms with Crippen molar-refractivity contribution >= 4 is 5.71 Å². The third kappa shape index (κ3) is 3.09. The third-order valence-corrected chi connectivity index (χ3v) is 2.22. The molecule has 1 saturated carbocycles. The van der Waals surface area contributed by atoms with E-state index in [2.05, 4.69) is 17.6 Å². The number of rotatable bonds is 4. The first kappa shape index (κ1) is 10.6. The number of aliphatic imine (C=N–C) groups is 1. The topological polar surface area (TPSA) is 64.4 Å². The Bertz CT molecular complexity index is 292. The van der Waals surface area contributed by atoms with Crippen molar-refractivity contribution in [1.29, 1.82) is 0 Å². The molecular formula is C11H17N3. The summed E-state index contributed by atoms with van der Waals surface area (Å²) in [5, 5.41) is 0. The lowest BCUT2D eigenvalue weighted by Crippen LogP contribution is -2.08. The molecule has 1 aliphatic rings. The molecule has 0 unspecified atom stereocenters. The molecular weight excluding hydrogens is 174 g/mol. The van der Waals surface area contributed by atoms with Crippen LogP contribution in [0, 0.1) is 0 Å². The molecule has 1 rings (SSSR count). The summed E-state index contributed by atoms with van der Waals surface area (Å²) >= 11 is 0. The van der Waals surface area contributed by atoms with Crippen molar-refractivity contribution in [3.05, 3.63) is 36.2 Å². The zero-order valence-electron chi connectivity index (χ0n) is 8.37. The molecule has 0 heterocycles. The van der Waals surface area contributed by atoms with E-state index in [9.17, 15) is 0 Å². The lowest BCUT2D eigenvalue weighted by atomic mass is 9.92. The van der Waals surface area contributed by atoms with E-state index in [1.54, 1.807) is 6.08 Å². The second-order valence-corrected chi connectivity index (χ2v) is 3.33. The first-order valence-electron chi connectivity index (χ1n) is 4.79. The maximum absolute atomic E-state index is 5.53. The van der Waals surface area contributed by atoms with Gasteiger partial charge in [0.25, 0.3) is 0 Å². The average molecular weight is 191 g/mol. The van der Waals surface area contributed by atoms with Crippen LogP contribution in [0.3, 0.4) is 0 Å². The van der Waals surface area contributed by atoms with Gasteiger partial charge < -0.3 is 11.5 Å². The molecule has 1 fully saturated rings. The van der Waals surface area contributed by atoms with Crippen molar-refractivity contribution in [3.8, 4) is 0 Å². The van der Waals surface area contributed by atoms with Gasteiger partial charge in [-0.2, -0.15) is 0 Å². The van der Waals surface area contributed by atoms with Crippen LogP contribution >= 0.6 is 0 Å². The van der Waals surface area contributed by atoms with Crippen LogP contribution in [0.4, 0.5) is 0 Å². The minimum absolute atomic E-state index is 0.457. The molecule has 76 valence electrons. The Balaban J connectivity index is 2.50. The van der Waals surface area contributed by atoms with Crippen LogP contribution in [0.2, 0.25) is 0 Å². The Labute approximate surface area is 84.9 Å². The zero-order chi connectivity index (χ0) is 10.4. The van der Waals surface area contributed by atoms with Crippen LogP contribution in [0.5, 0.6) is 0 Å². The Morgan fingerprint density at radius 3 is 2.64 bits per heavy atom. The lowest BCUT2D eigenvalue weighted by molar-refractivity contribution is 0.659. The second kappa shape index (κ2) is 5.27. The predicted octanol–water partition coefficient (Wildman–Crippen LogP) is 1.48. The molecule has 4 N–H and O–H groups in total. The van der Waals surface area contributed by atoms with Crippen LogP contribution < -0.4 is 11.5 Å². The summed E-state index contributed by atoms with van der Waals surface area (Å²) in [5.74, 6) is 0. The van der Waals surface area contributed by atoms with Gasteiger partial charge in [0, 0.05) is 5.70 Å². The van der Waals surface area contributed by atoms with Gasteiger partial charge in [0.1, 0.15) is 0 Å². The van der Waals surface area contributed by atoms with Gasteiger partial charge >= 0.3 is 0 Å². The monoisotopic (exact) mass is 191 g/mol. The molecule has 1 aliphatic carbocycles. The smallest absolute Gasteiger partial charge is 0.0815 e. The normalized spacial score (nSPS) is 16.9. The van der Waals surface area contributed by atoms with Crippen LogP contribution in [0.1, 0.15) is 19.3 Å². The van der Waals surface area contributed by atoms with Gasteiger partial charge in [-0.05, 0) is 31.5 Å². The molecule has 0 bridgehead atoms. The van der Waals surface area contributed by atoms with E-state index >= 15 is 0 Å². The molecule has 0 atom stereocenters. The number of nitrogens with two attached hydrogens (primary N) is 2. The van der Waals surface area contributed by atoms with Crippen molar-refractivity contribution in [2.24, 2.45) is 16.5 Å². The average Bonchev–Trinajstić information content (AvgIpc) is 2.06. The summed E-state index contributed by atoms with van der Waals surface area (Å²) in [6, 6.07) is 0. The van der Waals surface area contributed by atoms with E-state index < -0.39 is 0 Å². The first-order valence-corrected chi connectivity index (χ1v) is 4.79. The van der Waals surface area contributed by atoms with Gasteiger partial charge in [0.05, 0.1) is 12.3 Å². The summed E-state index contributed by atoms with van der Waals surface area (Å²) in [7, 11) is 0. The van der Waals surface area contributed by atoms with Crippen molar-refractivity contribution < 1.29 is 0 Å². The van der Waals surface area contributed by atoms with Crippen molar-refractivity contribution in [2.75, 3.05) is 6.54 Å². The number of hydrogen-bond acceptors (Lipinski definition) is 3. The molecule has 0 aromatic carbocycles. The standard InChI is InChI=1S/C11H17N3/c1-9(13)11(5-7-12)14-8-6-10-3-2-4-10/h5-7H,1-4,8,12-13H2/b7-5-,14-11?. The van der Waals surface area contributed by atoms with Gasteiger partial charge in [-0.3, -0.25) is 4.99 Å². The van der Waals surface area contributed by atoms with Gasteiger partial charge in [-0.15, -0.1) is 0 Å². The van der Waals surface area contributed by atoms with E-state index in [0.717, 1.165) is 0 Å². The largest absolute Gasteiger partial charge is 0.405 e. The Morgan fingerprint density at radius 2 is 2.21 bits per heavy atom. The number of hydrogen-bond donors (Lipinski definition) is 2. The van der Waals surface area contributed by atoms with E-state index in [0.29, 0.717) is 18.0 Å². The molecule has 0 saturated heterocycles. The van der Waals surface area contributed by atoms with Crippen molar-refractivity contribution in [2.45, 2.75) is 19.3 Å². The first-order chi connectivity index (χ1) is 6.74. The minimum Gasteiger partial charge on any atom is -0.405 e. The second-order valence-electron chi connectivity index (χ2n) is 3.33. The highest BCUT2D eigenvalue weighted by Gasteiger charge is 2.06. The quantitative estimate of drug-likeness (QED) is 0.522. The van der Waals surface area contributed by atoms with Crippen molar-refractivity contribution in [1.82, 2.24) is 0 Å². The summed E-state index contributed by atoms with van der Waals surface area (Å²) in [4.78, 5) is 4.28. The summed E-state index contributed by atoms with van der Waals surface area (Å²) < 4.78 is 0. The maximum atomic E-state index is 5.53. The number of nitrogens with zero attached hydrogens (tertiary/aromatic N) is 1.